The van der Waals surface area contributed by atoms with Crippen LogP contribution in [0.25, 0.3) is 0 Å². The van der Waals surface area contributed by atoms with Gasteiger partial charge in [0.25, 0.3) is 0 Å². The first kappa shape index (κ1) is 12.2. The van der Waals surface area contributed by atoms with Crippen molar-refractivity contribution in [1.29, 1.82) is 0 Å². The number of nitrogens with zero attached hydrogens (tertiary/aromatic N) is 1. The largest absolute Gasteiger partial charge is 0.511 e. The standard InChI is InChI=1S/C10H11NO3.2Al.4H/c12-8-11-4-2-10(3-5-11)7-9(13)1-6-14-10;;;;;;/h1H,2-5,7H2;;;;;;. The second-order valence-electron chi connectivity index (χ2n) is 4.69. The molecule has 6 heteroatoms. The molecule has 84 valence electrons. The molecule has 1 spiro atoms. The van der Waals surface area contributed by atoms with E-state index in [0.29, 0.717) is 22.7 Å². The number of allylic oxidation sites excluding steroid dienone is 1. The predicted molar refractivity (Wildman–Crippen MR) is 64.8 cm³/mol. The lowest BCUT2D eigenvalue weighted by Crippen LogP contribution is -2.49. The Bertz CT molecular complexity index is 359. The fraction of sp³-hybridized carbons (Fsp3) is 0.600. The Morgan fingerprint density at radius 2 is 2.06 bits per heavy atom. The molecule has 16 heavy (non-hydrogen) atoms. The molecule has 4 nitrogen and oxygen atoms in total. The first-order chi connectivity index (χ1) is 7.51. The van der Waals surface area contributed by atoms with Crippen molar-refractivity contribution < 1.29 is 14.3 Å². The Morgan fingerprint density at radius 3 is 2.56 bits per heavy atom. The minimum absolute atomic E-state index is 0.182. The Labute approximate surface area is 111 Å². The number of hydrogen-bond acceptors (Lipinski definition) is 3. The zero-order valence-corrected chi connectivity index (χ0v) is 13.8. The van der Waals surface area contributed by atoms with E-state index in [1.165, 1.54) is 0 Å². The molecule has 0 aromatic carbocycles. The molecule has 0 saturated carbocycles. The smallest absolute Gasteiger partial charge is 0.355 e. The zero-order valence-electron chi connectivity index (χ0n) is 9.78. The van der Waals surface area contributed by atoms with Crippen molar-refractivity contribution in [2.75, 3.05) is 13.1 Å². The molecule has 0 aromatic rings. The molecule has 0 radical (unpaired) electrons. The zero-order chi connectivity index (χ0) is 11.8. The van der Waals surface area contributed by atoms with E-state index in [-0.39, 0.29) is 16.2 Å². The van der Waals surface area contributed by atoms with Gasteiger partial charge in [-0.05, 0) is 6.08 Å². The normalized spacial score (nSPS) is 23.9. The molecular formula is C10H15Al2NO3. The van der Waals surface area contributed by atoms with Gasteiger partial charge in [-0.3, -0.25) is 9.59 Å². The number of piperidine rings is 1. The summed E-state index contributed by atoms with van der Waals surface area (Å²) in [4.78, 5) is 24.7. The van der Waals surface area contributed by atoms with Crippen molar-refractivity contribution >= 4 is 43.1 Å². The van der Waals surface area contributed by atoms with Crippen LogP contribution in [0.5, 0.6) is 0 Å². The third-order valence-corrected chi connectivity index (χ3v) is 4.48. The summed E-state index contributed by atoms with van der Waals surface area (Å²) < 4.78 is 6.99. The first-order valence-corrected chi connectivity index (χ1v) is 7.66. The first-order valence-electron chi connectivity index (χ1n) is 5.66. The summed E-state index contributed by atoms with van der Waals surface area (Å²) in [5.41, 5.74) is -0.295. The van der Waals surface area contributed by atoms with Crippen LogP contribution in [0.3, 0.4) is 0 Å². The van der Waals surface area contributed by atoms with Gasteiger partial charge in [0, 0.05) is 30.6 Å². The fourth-order valence-electron chi connectivity index (χ4n) is 2.51. The Balaban J connectivity index is 2.05. The molecule has 0 aliphatic carbocycles. The molecule has 2 heterocycles. The Hall–Kier alpha value is -0.255. The maximum atomic E-state index is 11.6. The summed E-state index contributed by atoms with van der Waals surface area (Å²) in [5.74, 6) is 0.182. The van der Waals surface area contributed by atoms with E-state index in [0.717, 1.165) is 46.8 Å². The molecule has 1 fully saturated rings. The summed E-state index contributed by atoms with van der Waals surface area (Å²) >= 11 is 1.36. The summed E-state index contributed by atoms with van der Waals surface area (Å²) in [6.45, 7) is 1.48. The lowest BCUT2D eigenvalue weighted by atomic mass is 9.85. The average molecular weight is 251 g/mol. The molecule has 1 amide bonds. The third kappa shape index (κ3) is 2.52. The van der Waals surface area contributed by atoms with Gasteiger partial charge in [-0.25, -0.2) is 0 Å². The lowest BCUT2D eigenvalue weighted by Gasteiger charge is -2.43. The van der Waals surface area contributed by atoms with Gasteiger partial charge in [0.05, 0.1) is 6.42 Å². The van der Waals surface area contributed by atoms with E-state index in [2.05, 4.69) is 0 Å². The molecule has 0 aromatic heterocycles. The van der Waals surface area contributed by atoms with Crippen LogP contribution in [0.1, 0.15) is 19.3 Å². The van der Waals surface area contributed by atoms with Crippen molar-refractivity contribution in [3.05, 3.63) is 10.7 Å². The summed E-state index contributed by atoms with van der Waals surface area (Å²) in [5, 5.41) is 0. The van der Waals surface area contributed by atoms with Crippen LogP contribution in [-0.4, -0.2) is 66.7 Å². The number of carbonyl (C=O) groups is 2. The highest BCUT2D eigenvalue weighted by Gasteiger charge is 2.40. The second kappa shape index (κ2) is 4.55. The Kier molecular flexibility index (Phi) is 3.47. The molecule has 2 aliphatic rings. The molecule has 1 saturated heterocycles. The number of rotatable bonds is 0. The van der Waals surface area contributed by atoms with Crippen LogP contribution >= 0.6 is 0 Å². The van der Waals surface area contributed by atoms with Gasteiger partial charge >= 0.3 is 32.6 Å². The Morgan fingerprint density at radius 1 is 1.44 bits per heavy atom. The highest BCUT2D eigenvalue weighted by atomic mass is 27.1. The minimum Gasteiger partial charge on any atom is -0.511 e. The van der Waals surface area contributed by atoms with E-state index in [1.54, 1.807) is 6.08 Å². The van der Waals surface area contributed by atoms with Crippen molar-refractivity contribution in [2.45, 2.75) is 24.9 Å². The number of hydrogen-bond donors (Lipinski definition) is 0. The SMILES string of the molecule is O=C1C=[C]([AlH2])OC2(CCN([C](=O)[AlH2])CC2)C1. The topological polar surface area (TPSA) is 46.6 Å². The van der Waals surface area contributed by atoms with Gasteiger partial charge in [0.1, 0.15) is 10.4 Å². The maximum absolute atomic E-state index is 11.6. The highest BCUT2D eigenvalue weighted by Crippen LogP contribution is 2.34. The number of likely N-dealkylation sites (tertiary alicyclic amines) is 1. The molecule has 0 bridgehead atoms. The monoisotopic (exact) mass is 251 g/mol. The average Bonchev–Trinajstić information content (AvgIpc) is 2.16. The predicted octanol–water partition coefficient (Wildman–Crippen LogP) is -0.962. The summed E-state index contributed by atoms with van der Waals surface area (Å²) in [6.07, 6.45) is 3.71. The number of carbonyl (C=O) groups excluding carboxylic acids is 2. The summed E-state index contributed by atoms with van der Waals surface area (Å²) in [7, 11) is 0. The minimum atomic E-state index is -0.295. The van der Waals surface area contributed by atoms with Crippen LogP contribution < -0.4 is 0 Å². The molecule has 2 rings (SSSR count). The van der Waals surface area contributed by atoms with E-state index in [1.807, 2.05) is 4.90 Å². The van der Waals surface area contributed by atoms with Gasteiger partial charge in [0.2, 0.25) is 0 Å². The number of ether oxygens (including phenoxy) is 1. The molecule has 0 unspecified atom stereocenters. The van der Waals surface area contributed by atoms with Crippen LogP contribution in [0.2, 0.25) is 0 Å². The maximum Gasteiger partial charge on any atom is 0.355 e. The third-order valence-electron chi connectivity index (χ3n) is 3.36. The molecule has 0 N–H and O–H groups in total. The second-order valence-corrected chi connectivity index (χ2v) is 6.53. The quantitative estimate of drug-likeness (QED) is 0.521. The fourth-order valence-corrected chi connectivity index (χ4v) is 3.71. The molecular weight excluding hydrogens is 236 g/mol. The number of amides is 1. The summed E-state index contributed by atoms with van der Waals surface area (Å²) in [6, 6.07) is 0. The van der Waals surface area contributed by atoms with E-state index >= 15 is 0 Å². The van der Waals surface area contributed by atoms with Crippen molar-refractivity contribution in [1.82, 2.24) is 4.90 Å². The van der Waals surface area contributed by atoms with E-state index in [9.17, 15) is 9.59 Å². The van der Waals surface area contributed by atoms with Crippen molar-refractivity contribution in [3.63, 3.8) is 0 Å². The molecule has 0 atom stereocenters. The van der Waals surface area contributed by atoms with E-state index in [4.69, 9.17) is 4.74 Å². The van der Waals surface area contributed by atoms with Crippen LogP contribution in [-0.2, 0) is 9.53 Å². The van der Waals surface area contributed by atoms with Crippen LogP contribution in [0, 0.1) is 0 Å². The van der Waals surface area contributed by atoms with Gasteiger partial charge < -0.3 is 9.64 Å². The van der Waals surface area contributed by atoms with Gasteiger partial charge in [-0.2, -0.15) is 0 Å². The van der Waals surface area contributed by atoms with E-state index < -0.39 is 0 Å². The van der Waals surface area contributed by atoms with Crippen LogP contribution in [0.4, 0.5) is 4.79 Å². The van der Waals surface area contributed by atoms with Gasteiger partial charge in [0.15, 0.2) is 5.78 Å². The van der Waals surface area contributed by atoms with Crippen molar-refractivity contribution in [2.24, 2.45) is 0 Å². The highest BCUT2D eigenvalue weighted by molar-refractivity contribution is 6.56. The van der Waals surface area contributed by atoms with Crippen molar-refractivity contribution in [3.8, 4) is 0 Å². The van der Waals surface area contributed by atoms with Gasteiger partial charge in [-0.15, -0.1) is 0 Å². The number of ketones is 1. The molecule has 2 aliphatic heterocycles. The lowest BCUT2D eigenvalue weighted by molar-refractivity contribution is -0.125. The van der Waals surface area contributed by atoms with Gasteiger partial charge in [-0.1, -0.05) is 0 Å². The van der Waals surface area contributed by atoms with Crippen LogP contribution in [0.15, 0.2) is 10.7 Å².